The highest BCUT2D eigenvalue weighted by Crippen LogP contribution is 2.28. The second kappa shape index (κ2) is 19.8. The lowest BCUT2D eigenvalue weighted by atomic mass is 10.0. The van der Waals surface area contributed by atoms with Crippen LogP contribution in [0.1, 0.15) is 36.0 Å². The lowest BCUT2D eigenvalue weighted by molar-refractivity contribution is -0.384. The van der Waals surface area contributed by atoms with Gasteiger partial charge in [0.25, 0.3) is 5.69 Å². The molecule has 290 valence electrons. The third-order valence-electron chi connectivity index (χ3n) is 8.94. The molecular formula is C42H42N4O9S. The fourth-order valence-electron chi connectivity index (χ4n) is 5.93. The molecule has 0 bridgehead atoms. The second-order valence-electron chi connectivity index (χ2n) is 12.7. The van der Waals surface area contributed by atoms with Gasteiger partial charge in [-0.1, -0.05) is 103 Å². The molecule has 0 radical (unpaired) electrons. The number of ether oxygens (including phenoxy) is 2. The SMILES string of the molecule is COC(=O)CCc1ccccc1NC(=O)[C@H](CCCNC(=O)OCc1ccccc1)N(Cc1ccc(-c2ccccc2)cc1)S(=O)(=O)c1ccc([N+](=O)[O-])cc1. The number of aryl methyl sites for hydroxylation is 1. The van der Waals surface area contributed by atoms with Crippen LogP contribution < -0.4 is 10.6 Å². The summed E-state index contributed by atoms with van der Waals surface area (Å²) in [5.74, 6) is -1.09. The average molecular weight is 779 g/mol. The molecule has 0 heterocycles. The standard InChI is InChI=1S/C42H42N4O9S/c1-54-40(47)27-22-35-15-8-9-16-38(35)44-41(48)39(17-10-28-43-42(49)55-30-32-11-4-2-5-12-32)45(56(52,53)37-25-23-36(24-26-37)46(50)51)29-31-18-20-34(21-19-31)33-13-6-3-7-14-33/h2-9,11-16,18-21,23-26,39H,10,17,22,27-30H2,1H3,(H,43,49)(H,44,48)/t39-/m0/s1. The van der Waals surface area contributed by atoms with Crippen LogP contribution in [0.25, 0.3) is 11.1 Å². The van der Waals surface area contributed by atoms with Crippen molar-refractivity contribution in [2.75, 3.05) is 19.0 Å². The molecule has 0 aliphatic rings. The van der Waals surface area contributed by atoms with Gasteiger partial charge in [0.05, 0.1) is 16.9 Å². The summed E-state index contributed by atoms with van der Waals surface area (Å²) in [6.45, 7) is -0.120. The van der Waals surface area contributed by atoms with Gasteiger partial charge in [-0.2, -0.15) is 4.31 Å². The van der Waals surface area contributed by atoms with Crippen molar-refractivity contribution in [1.29, 1.82) is 0 Å². The molecule has 14 heteroatoms. The molecule has 0 aliphatic heterocycles. The fourth-order valence-corrected chi connectivity index (χ4v) is 7.54. The van der Waals surface area contributed by atoms with Crippen molar-refractivity contribution in [3.63, 3.8) is 0 Å². The predicted octanol–water partition coefficient (Wildman–Crippen LogP) is 7.27. The molecular weight excluding hydrogens is 737 g/mol. The number of carbonyl (C=O) groups is 3. The summed E-state index contributed by atoms with van der Waals surface area (Å²) in [6.07, 6.45) is -0.242. The van der Waals surface area contributed by atoms with E-state index < -0.39 is 39.0 Å². The van der Waals surface area contributed by atoms with Crippen LogP contribution >= 0.6 is 0 Å². The number of nitro benzene ring substituents is 1. The maximum absolute atomic E-state index is 14.6. The summed E-state index contributed by atoms with van der Waals surface area (Å²) in [5.41, 5.74) is 3.97. The lowest BCUT2D eigenvalue weighted by Crippen LogP contribution is -2.47. The quantitative estimate of drug-likeness (QED) is 0.0401. The van der Waals surface area contributed by atoms with Crippen molar-refractivity contribution in [3.8, 4) is 11.1 Å². The van der Waals surface area contributed by atoms with Crippen molar-refractivity contribution in [3.05, 3.63) is 160 Å². The van der Waals surface area contributed by atoms with Crippen molar-refractivity contribution >= 4 is 39.4 Å². The smallest absolute Gasteiger partial charge is 0.407 e. The Balaban J connectivity index is 1.46. The molecule has 0 saturated heterocycles. The molecule has 0 fully saturated rings. The largest absolute Gasteiger partial charge is 0.469 e. The minimum Gasteiger partial charge on any atom is -0.469 e. The van der Waals surface area contributed by atoms with E-state index in [4.69, 9.17) is 9.47 Å². The number of alkyl carbamates (subject to hydrolysis) is 1. The first-order chi connectivity index (χ1) is 27.0. The van der Waals surface area contributed by atoms with Gasteiger partial charge < -0.3 is 20.1 Å². The molecule has 5 rings (SSSR count). The van der Waals surface area contributed by atoms with Crippen LogP contribution in [0.3, 0.4) is 0 Å². The van der Waals surface area contributed by atoms with Crippen LogP contribution in [-0.2, 0) is 48.7 Å². The van der Waals surface area contributed by atoms with E-state index >= 15 is 0 Å². The summed E-state index contributed by atoms with van der Waals surface area (Å²) >= 11 is 0. The van der Waals surface area contributed by atoms with Gasteiger partial charge in [-0.15, -0.1) is 0 Å². The number of non-ortho nitro benzene ring substituents is 1. The number of anilines is 1. The number of nitrogens with one attached hydrogen (secondary N) is 2. The zero-order valence-corrected chi connectivity index (χ0v) is 31.5. The van der Waals surface area contributed by atoms with Gasteiger partial charge in [0.1, 0.15) is 12.6 Å². The van der Waals surface area contributed by atoms with E-state index in [1.54, 1.807) is 36.4 Å². The number of para-hydroxylation sites is 1. The normalized spacial score (nSPS) is 11.7. The van der Waals surface area contributed by atoms with E-state index in [2.05, 4.69) is 10.6 Å². The number of nitrogens with zero attached hydrogens (tertiary/aromatic N) is 2. The van der Waals surface area contributed by atoms with Crippen LogP contribution in [0, 0.1) is 10.1 Å². The lowest BCUT2D eigenvalue weighted by Gasteiger charge is -2.31. The fraction of sp³-hybridized carbons (Fsp3) is 0.214. The van der Waals surface area contributed by atoms with Gasteiger partial charge in [-0.25, -0.2) is 13.2 Å². The van der Waals surface area contributed by atoms with Gasteiger partial charge in [0, 0.05) is 37.3 Å². The van der Waals surface area contributed by atoms with Crippen LogP contribution in [0.15, 0.2) is 138 Å². The minimum atomic E-state index is -4.49. The summed E-state index contributed by atoms with van der Waals surface area (Å²) in [6, 6.07) is 36.1. The third kappa shape index (κ3) is 11.3. The minimum absolute atomic E-state index is 0.0383. The highest BCUT2D eigenvalue weighted by Gasteiger charge is 2.36. The van der Waals surface area contributed by atoms with Crippen molar-refractivity contribution in [2.24, 2.45) is 0 Å². The van der Waals surface area contributed by atoms with Crippen molar-refractivity contribution in [2.45, 2.75) is 49.8 Å². The highest BCUT2D eigenvalue weighted by atomic mass is 32.2. The third-order valence-corrected chi connectivity index (χ3v) is 10.8. The van der Waals surface area contributed by atoms with E-state index in [0.29, 0.717) is 16.8 Å². The molecule has 5 aromatic rings. The van der Waals surface area contributed by atoms with Gasteiger partial charge in [-0.3, -0.25) is 19.7 Å². The van der Waals surface area contributed by atoms with Gasteiger partial charge in [0.15, 0.2) is 0 Å². The summed E-state index contributed by atoms with van der Waals surface area (Å²) < 4.78 is 40.3. The number of carbonyl (C=O) groups excluding carboxylic acids is 3. The Labute approximate surface area is 325 Å². The number of methoxy groups -OCH3 is 1. The van der Waals surface area contributed by atoms with Crippen LogP contribution in [0.5, 0.6) is 0 Å². The topological polar surface area (TPSA) is 174 Å². The maximum Gasteiger partial charge on any atom is 0.407 e. The molecule has 0 spiro atoms. The monoisotopic (exact) mass is 778 g/mol. The van der Waals surface area contributed by atoms with E-state index in [9.17, 15) is 32.9 Å². The number of hydrogen-bond donors (Lipinski definition) is 2. The van der Waals surface area contributed by atoms with Gasteiger partial charge >= 0.3 is 12.1 Å². The Kier molecular flexibility index (Phi) is 14.4. The Morgan fingerprint density at radius 3 is 2.07 bits per heavy atom. The first-order valence-electron chi connectivity index (χ1n) is 17.9. The number of rotatable bonds is 18. The molecule has 0 unspecified atom stereocenters. The first-order valence-corrected chi connectivity index (χ1v) is 19.3. The zero-order valence-electron chi connectivity index (χ0n) is 30.7. The molecule has 0 aromatic heterocycles. The molecule has 2 amide bonds. The number of hydrogen-bond acceptors (Lipinski definition) is 9. The average Bonchev–Trinajstić information content (AvgIpc) is 3.22. The molecule has 2 N–H and O–H groups in total. The first kappa shape index (κ1) is 40.8. The number of nitro groups is 1. The van der Waals surface area contributed by atoms with E-state index in [1.165, 1.54) is 7.11 Å². The van der Waals surface area contributed by atoms with Crippen LogP contribution in [0.4, 0.5) is 16.2 Å². The summed E-state index contributed by atoms with van der Waals surface area (Å²) in [7, 11) is -3.21. The molecule has 56 heavy (non-hydrogen) atoms. The molecule has 0 aliphatic carbocycles. The molecule has 0 saturated carbocycles. The Morgan fingerprint density at radius 1 is 0.786 bits per heavy atom. The van der Waals surface area contributed by atoms with Crippen molar-refractivity contribution in [1.82, 2.24) is 9.62 Å². The Bertz CT molecular complexity index is 2200. The number of amides is 2. The van der Waals surface area contributed by atoms with Crippen LogP contribution in [-0.4, -0.2) is 55.3 Å². The summed E-state index contributed by atoms with van der Waals surface area (Å²) in [4.78, 5) is 49.4. The predicted molar refractivity (Wildman–Crippen MR) is 211 cm³/mol. The van der Waals surface area contributed by atoms with E-state index in [1.807, 2.05) is 72.8 Å². The molecule has 1 atom stereocenters. The maximum atomic E-state index is 14.6. The second-order valence-corrected chi connectivity index (χ2v) is 14.6. The van der Waals surface area contributed by atoms with Crippen LogP contribution in [0.2, 0.25) is 0 Å². The van der Waals surface area contributed by atoms with E-state index in [0.717, 1.165) is 45.3 Å². The molecule has 5 aromatic carbocycles. The Hall–Kier alpha value is -6.38. The van der Waals surface area contributed by atoms with Crippen molar-refractivity contribution < 1.29 is 37.2 Å². The zero-order chi connectivity index (χ0) is 39.9. The number of esters is 1. The molecule has 13 nitrogen and oxygen atoms in total. The summed E-state index contributed by atoms with van der Waals surface area (Å²) in [5, 5.41) is 17.0. The Morgan fingerprint density at radius 2 is 1.41 bits per heavy atom. The van der Waals surface area contributed by atoms with Gasteiger partial charge in [0.2, 0.25) is 15.9 Å². The number of sulfonamides is 1. The number of benzene rings is 5. The van der Waals surface area contributed by atoms with Gasteiger partial charge in [-0.05, 0) is 65.3 Å². The van der Waals surface area contributed by atoms with E-state index in [-0.39, 0.29) is 56.0 Å². The highest BCUT2D eigenvalue weighted by molar-refractivity contribution is 7.89.